The van der Waals surface area contributed by atoms with Crippen LogP contribution in [-0.2, 0) is 24.4 Å². The highest BCUT2D eigenvalue weighted by Gasteiger charge is 2.24. The van der Waals surface area contributed by atoms with Gasteiger partial charge in [0.25, 0.3) is 0 Å². The zero-order valence-electron chi connectivity index (χ0n) is 23.9. The predicted molar refractivity (Wildman–Crippen MR) is 161 cm³/mol. The maximum Gasteiger partial charge on any atom is 0.342 e. The second kappa shape index (κ2) is 13.7. The Morgan fingerprint density at radius 3 is 1.95 bits per heavy atom. The number of benzene rings is 2. The van der Waals surface area contributed by atoms with Crippen LogP contribution in [0.5, 0.6) is 0 Å². The summed E-state index contributed by atoms with van der Waals surface area (Å²) in [4.78, 5) is 26.4. The molecule has 0 amide bonds. The van der Waals surface area contributed by atoms with Crippen LogP contribution in [0.4, 0.5) is 10.2 Å². The summed E-state index contributed by atoms with van der Waals surface area (Å²) in [7, 11) is 0. The number of pyridine rings is 1. The van der Waals surface area contributed by atoms with Gasteiger partial charge in [-0.05, 0) is 49.2 Å². The lowest BCUT2D eigenvalue weighted by Gasteiger charge is -2.36. The lowest BCUT2D eigenvalue weighted by molar-refractivity contribution is 0.0378. The minimum Gasteiger partial charge on any atom is -0.459 e. The first kappa shape index (κ1) is 29.5. The van der Waals surface area contributed by atoms with Crippen LogP contribution >= 0.6 is 11.6 Å². The van der Waals surface area contributed by atoms with E-state index in [0.29, 0.717) is 28.5 Å². The molecule has 9 heteroatoms. The Labute approximate surface area is 247 Å². The first-order chi connectivity index (χ1) is 19.9. The fourth-order valence-corrected chi connectivity index (χ4v) is 5.71. The van der Waals surface area contributed by atoms with Crippen molar-refractivity contribution in [2.45, 2.75) is 39.6 Å². The zero-order chi connectivity index (χ0) is 28.8. The van der Waals surface area contributed by atoms with Crippen molar-refractivity contribution in [2.75, 3.05) is 57.3 Å². The van der Waals surface area contributed by atoms with Gasteiger partial charge < -0.3 is 9.64 Å². The first-order valence-electron chi connectivity index (χ1n) is 14.4. The number of rotatable bonds is 9. The van der Waals surface area contributed by atoms with Gasteiger partial charge >= 0.3 is 5.97 Å². The lowest BCUT2D eigenvalue weighted by atomic mass is 10.1. The van der Waals surface area contributed by atoms with E-state index in [9.17, 15) is 9.18 Å². The number of ether oxygens (including phenoxy) is 1. The molecule has 0 atom stereocenters. The molecule has 2 aliphatic rings. The summed E-state index contributed by atoms with van der Waals surface area (Å²) in [6.45, 7) is 13.2. The topological polar surface area (TPSA) is 52.2 Å². The molecular formula is C32H39ClFN5O2. The molecule has 2 saturated heterocycles. The average molecular weight is 580 g/mol. The number of halogens is 2. The molecule has 0 spiro atoms. The van der Waals surface area contributed by atoms with Crippen LogP contribution in [0, 0.1) is 5.82 Å². The minimum atomic E-state index is -0.319. The molecule has 7 nitrogen and oxygen atoms in total. The van der Waals surface area contributed by atoms with Crippen molar-refractivity contribution in [2.24, 2.45) is 0 Å². The fraction of sp³-hybridized carbons (Fsp3) is 0.438. The molecule has 2 aromatic carbocycles. The highest BCUT2D eigenvalue weighted by atomic mass is 35.5. The number of carbonyl (C=O) groups excluding carboxylic acids is 1. The molecule has 218 valence electrons. The monoisotopic (exact) mass is 579 g/mol. The molecule has 3 heterocycles. The second-order valence-electron chi connectivity index (χ2n) is 11.2. The third-order valence-corrected chi connectivity index (χ3v) is 8.12. The Hall–Kier alpha value is -3.04. The number of esters is 1. The maximum absolute atomic E-state index is 14.2. The van der Waals surface area contributed by atoms with E-state index >= 15 is 0 Å². The highest BCUT2D eigenvalue weighted by Crippen LogP contribution is 2.23. The Morgan fingerprint density at radius 1 is 0.829 bits per heavy atom. The molecule has 0 aliphatic carbocycles. The van der Waals surface area contributed by atoms with E-state index in [1.54, 1.807) is 30.5 Å². The number of piperazine rings is 2. The number of carbonyl (C=O) groups is 1. The second-order valence-corrected chi connectivity index (χ2v) is 11.6. The Balaban J connectivity index is 1.07. The SMILES string of the molecule is CC(C)OC(=O)c1cccnc1N1CCN(Cc2ccc(CN3CCN(Cc4c(F)cccc4Cl)CC3)cc2)CC1. The minimum absolute atomic E-state index is 0.166. The normalized spacial score (nSPS) is 17.2. The molecular weight excluding hydrogens is 541 g/mol. The zero-order valence-corrected chi connectivity index (χ0v) is 24.7. The van der Waals surface area contributed by atoms with Crippen molar-refractivity contribution in [3.8, 4) is 0 Å². The van der Waals surface area contributed by atoms with Crippen LogP contribution in [0.25, 0.3) is 0 Å². The van der Waals surface area contributed by atoms with Crippen LogP contribution in [0.1, 0.15) is 40.9 Å². The van der Waals surface area contributed by atoms with E-state index in [1.807, 2.05) is 13.8 Å². The van der Waals surface area contributed by atoms with Crippen molar-refractivity contribution in [3.63, 3.8) is 0 Å². The summed E-state index contributed by atoms with van der Waals surface area (Å²) in [5.41, 5.74) is 3.72. The lowest BCUT2D eigenvalue weighted by Crippen LogP contribution is -2.46. The summed E-state index contributed by atoms with van der Waals surface area (Å²) in [5.74, 6) is 0.159. The van der Waals surface area contributed by atoms with Crippen LogP contribution in [-0.4, -0.2) is 84.1 Å². The summed E-state index contributed by atoms with van der Waals surface area (Å²) in [6.07, 6.45) is 1.57. The van der Waals surface area contributed by atoms with E-state index < -0.39 is 0 Å². The summed E-state index contributed by atoms with van der Waals surface area (Å²) >= 11 is 6.22. The summed E-state index contributed by atoms with van der Waals surface area (Å²) in [5, 5.41) is 0.500. The van der Waals surface area contributed by atoms with E-state index in [4.69, 9.17) is 16.3 Å². The predicted octanol–water partition coefficient (Wildman–Crippen LogP) is 5.08. The molecule has 2 fully saturated rings. The van der Waals surface area contributed by atoms with Crippen molar-refractivity contribution < 1.29 is 13.9 Å². The third kappa shape index (κ3) is 7.83. The molecule has 2 aliphatic heterocycles. The Morgan fingerprint density at radius 2 is 1.39 bits per heavy atom. The van der Waals surface area contributed by atoms with E-state index in [-0.39, 0.29) is 17.9 Å². The molecule has 0 saturated carbocycles. The molecule has 0 bridgehead atoms. The quantitative estimate of drug-likeness (QED) is 0.328. The average Bonchev–Trinajstić information content (AvgIpc) is 2.97. The molecule has 0 N–H and O–H groups in total. The smallest absolute Gasteiger partial charge is 0.342 e. The van der Waals surface area contributed by atoms with E-state index in [2.05, 4.69) is 48.8 Å². The molecule has 1 aromatic heterocycles. The van der Waals surface area contributed by atoms with Gasteiger partial charge in [0, 0.05) is 88.8 Å². The molecule has 3 aromatic rings. The molecule has 41 heavy (non-hydrogen) atoms. The number of anilines is 1. The van der Waals surface area contributed by atoms with Crippen LogP contribution in [0.3, 0.4) is 0 Å². The van der Waals surface area contributed by atoms with E-state index in [0.717, 1.165) is 65.4 Å². The van der Waals surface area contributed by atoms with Crippen molar-refractivity contribution in [3.05, 3.63) is 93.9 Å². The van der Waals surface area contributed by atoms with Crippen molar-refractivity contribution >= 4 is 23.4 Å². The summed E-state index contributed by atoms with van der Waals surface area (Å²) < 4.78 is 19.6. The van der Waals surface area contributed by atoms with Crippen LogP contribution < -0.4 is 4.90 Å². The van der Waals surface area contributed by atoms with Gasteiger partial charge in [0.2, 0.25) is 0 Å². The van der Waals surface area contributed by atoms with Crippen LogP contribution in [0.15, 0.2) is 60.8 Å². The van der Waals surface area contributed by atoms with Gasteiger partial charge in [-0.25, -0.2) is 14.2 Å². The fourth-order valence-electron chi connectivity index (χ4n) is 5.48. The van der Waals surface area contributed by atoms with Gasteiger partial charge in [-0.15, -0.1) is 0 Å². The van der Waals surface area contributed by atoms with Gasteiger partial charge in [0.1, 0.15) is 17.2 Å². The Kier molecular flexibility index (Phi) is 9.88. The van der Waals surface area contributed by atoms with Gasteiger partial charge in [-0.3, -0.25) is 14.7 Å². The number of hydrogen-bond acceptors (Lipinski definition) is 7. The largest absolute Gasteiger partial charge is 0.459 e. The Bertz CT molecular complexity index is 1290. The molecule has 0 radical (unpaired) electrons. The summed E-state index contributed by atoms with van der Waals surface area (Å²) in [6, 6.07) is 17.4. The van der Waals surface area contributed by atoms with Gasteiger partial charge in [-0.1, -0.05) is 41.9 Å². The van der Waals surface area contributed by atoms with Gasteiger partial charge in [-0.2, -0.15) is 0 Å². The first-order valence-corrected chi connectivity index (χ1v) is 14.8. The highest BCUT2D eigenvalue weighted by molar-refractivity contribution is 6.31. The number of hydrogen-bond donors (Lipinski definition) is 0. The van der Waals surface area contributed by atoms with Crippen molar-refractivity contribution in [1.29, 1.82) is 0 Å². The number of aromatic nitrogens is 1. The van der Waals surface area contributed by atoms with Crippen LogP contribution in [0.2, 0.25) is 5.02 Å². The third-order valence-electron chi connectivity index (χ3n) is 7.76. The van der Waals surface area contributed by atoms with E-state index in [1.165, 1.54) is 17.2 Å². The number of nitrogens with zero attached hydrogens (tertiary/aromatic N) is 5. The standard InChI is InChI=1S/C32H39ClFN5O2/c1-24(2)41-32(40)27-5-4-12-35-31(27)39-19-17-37(18-20-39)22-26-10-8-25(9-11-26)21-36-13-15-38(16-14-36)23-28-29(33)6-3-7-30(28)34/h3-12,24H,13-23H2,1-2H3. The molecule has 0 unspecified atom stereocenters. The molecule has 5 rings (SSSR count). The van der Waals surface area contributed by atoms with Gasteiger partial charge in [0.05, 0.1) is 6.10 Å². The van der Waals surface area contributed by atoms with Gasteiger partial charge in [0.15, 0.2) is 0 Å². The maximum atomic E-state index is 14.2. The van der Waals surface area contributed by atoms with Crippen molar-refractivity contribution in [1.82, 2.24) is 19.7 Å².